The minimum absolute atomic E-state index is 0.0172. The number of nitrogen functional groups attached to an aromatic ring is 1. The van der Waals surface area contributed by atoms with Crippen LogP contribution in [0.3, 0.4) is 0 Å². The van der Waals surface area contributed by atoms with Gasteiger partial charge in [-0.15, -0.1) is 11.3 Å². The highest BCUT2D eigenvalue weighted by Gasteiger charge is 2.27. The highest BCUT2D eigenvalue weighted by molar-refractivity contribution is 7.89. The van der Waals surface area contributed by atoms with Crippen molar-refractivity contribution in [3.63, 3.8) is 0 Å². The Hall–Kier alpha value is -2.94. The number of nitriles is 1. The monoisotopic (exact) mass is 491 g/mol. The molecule has 0 spiro atoms. The first-order valence-corrected chi connectivity index (χ1v) is 12.8. The van der Waals surface area contributed by atoms with Gasteiger partial charge in [0.2, 0.25) is 10.0 Å². The van der Waals surface area contributed by atoms with Crippen LogP contribution in [0.25, 0.3) is 0 Å². The minimum atomic E-state index is -3.73. The zero-order valence-electron chi connectivity index (χ0n) is 18.2. The van der Waals surface area contributed by atoms with Crippen LogP contribution in [0.2, 0.25) is 0 Å². The predicted molar refractivity (Wildman–Crippen MR) is 122 cm³/mol. The van der Waals surface area contributed by atoms with Gasteiger partial charge in [-0.1, -0.05) is 18.9 Å². The molecule has 33 heavy (non-hydrogen) atoms. The molecule has 0 amide bonds. The summed E-state index contributed by atoms with van der Waals surface area (Å²) in [5, 5.41) is 9.51. The van der Waals surface area contributed by atoms with Crippen molar-refractivity contribution in [2.45, 2.75) is 44.1 Å². The molecule has 0 bridgehead atoms. The van der Waals surface area contributed by atoms with E-state index in [0.717, 1.165) is 37.0 Å². The van der Waals surface area contributed by atoms with E-state index in [4.69, 9.17) is 15.2 Å². The molecule has 3 rings (SSSR count). The van der Waals surface area contributed by atoms with Crippen LogP contribution < -0.4 is 5.73 Å². The number of sulfonamides is 1. The molecule has 2 aromatic rings. The van der Waals surface area contributed by atoms with E-state index in [-0.39, 0.29) is 44.7 Å². The number of benzene rings is 1. The molecule has 176 valence electrons. The van der Waals surface area contributed by atoms with Gasteiger partial charge in [0.05, 0.1) is 22.6 Å². The summed E-state index contributed by atoms with van der Waals surface area (Å²) < 4.78 is 37.8. The molecule has 0 radical (unpaired) electrons. The van der Waals surface area contributed by atoms with E-state index in [1.165, 1.54) is 28.6 Å². The van der Waals surface area contributed by atoms with E-state index in [9.17, 15) is 23.3 Å². The zero-order valence-corrected chi connectivity index (χ0v) is 19.8. The van der Waals surface area contributed by atoms with Crippen LogP contribution in [-0.2, 0) is 26.1 Å². The van der Waals surface area contributed by atoms with Crippen molar-refractivity contribution in [3.05, 3.63) is 45.8 Å². The summed E-state index contributed by atoms with van der Waals surface area (Å²) in [5.41, 5.74) is 6.09. The fourth-order valence-electron chi connectivity index (χ4n) is 3.54. The predicted octanol–water partition coefficient (Wildman–Crippen LogP) is 3.30. The number of anilines is 1. The zero-order chi connectivity index (χ0) is 24.0. The Balaban J connectivity index is 1.80. The average Bonchev–Trinajstić information content (AvgIpc) is 2.96. The lowest BCUT2D eigenvalue weighted by Gasteiger charge is -2.20. The van der Waals surface area contributed by atoms with Crippen LogP contribution >= 0.6 is 11.3 Å². The Morgan fingerprint density at radius 3 is 2.48 bits per heavy atom. The SMILES string of the molecule is CCOC(=O)c1sc(N)c(C#N)c1COC(=O)c1cccc(S(=O)(=O)N2CCCCCC2)c1. The summed E-state index contributed by atoms with van der Waals surface area (Å²) in [5.74, 6) is -1.45. The number of nitrogens with two attached hydrogens (primary N) is 1. The number of hydrogen-bond acceptors (Lipinski definition) is 9. The second-order valence-corrected chi connectivity index (χ2v) is 10.4. The lowest BCUT2D eigenvalue weighted by Crippen LogP contribution is -2.32. The molecule has 11 heteroatoms. The van der Waals surface area contributed by atoms with Crippen molar-refractivity contribution in [1.29, 1.82) is 5.26 Å². The number of carbonyl (C=O) groups excluding carboxylic acids is 2. The first kappa shape index (κ1) is 24.7. The minimum Gasteiger partial charge on any atom is -0.462 e. The third-order valence-corrected chi connectivity index (χ3v) is 8.16. The maximum atomic E-state index is 13.0. The van der Waals surface area contributed by atoms with Gasteiger partial charge in [0.15, 0.2) is 0 Å². The van der Waals surface area contributed by atoms with Gasteiger partial charge in [-0.3, -0.25) is 0 Å². The molecule has 1 aromatic heterocycles. The number of esters is 2. The van der Waals surface area contributed by atoms with Gasteiger partial charge in [-0.2, -0.15) is 9.57 Å². The second kappa shape index (κ2) is 10.8. The first-order chi connectivity index (χ1) is 15.8. The number of nitrogens with zero attached hydrogens (tertiary/aromatic N) is 2. The quantitative estimate of drug-likeness (QED) is 0.582. The number of hydrogen-bond donors (Lipinski definition) is 1. The van der Waals surface area contributed by atoms with Gasteiger partial charge in [0.1, 0.15) is 22.6 Å². The molecule has 1 aliphatic heterocycles. The smallest absolute Gasteiger partial charge is 0.348 e. The number of thiophene rings is 1. The Kier molecular flexibility index (Phi) is 8.07. The summed E-state index contributed by atoms with van der Waals surface area (Å²) in [6.07, 6.45) is 3.58. The Morgan fingerprint density at radius 1 is 1.15 bits per heavy atom. The fraction of sp³-hybridized carbons (Fsp3) is 0.409. The molecule has 2 heterocycles. The van der Waals surface area contributed by atoms with Crippen LogP contribution in [0.4, 0.5) is 5.00 Å². The highest BCUT2D eigenvalue weighted by Crippen LogP contribution is 2.32. The van der Waals surface area contributed by atoms with Crippen molar-refractivity contribution < 1.29 is 27.5 Å². The normalized spacial score (nSPS) is 14.8. The molecule has 9 nitrogen and oxygen atoms in total. The van der Waals surface area contributed by atoms with E-state index in [2.05, 4.69) is 0 Å². The van der Waals surface area contributed by atoms with Gasteiger partial charge < -0.3 is 15.2 Å². The molecule has 1 saturated heterocycles. The lowest BCUT2D eigenvalue weighted by atomic mass is 10.1. The third-order valence-electron chi connectivity index (χ3n) is 5.23. The third kappa shape index (κ3) is 5.52. The van der Waals surface area contributed by atoms with Crippen LogP contribution in [0.5, 0.6) is 0 Å². The molecule has 1 aliphatic rings. The van der Waals surface area contributed by atoms with Crippen LogP contribution in [-0.4, -0.2) is 44.4 Å². The molecular weight excluding hydrogens is 466 g/mol. The van der Waals surface area contributed by atoms with E-state index in [1.807, 2.05) is 6.07 Å². The highest BCUT2D eigenvalue weighted by atomic mass is 32.2. The topological polar surface area (TPSA) is 140 Å². The van der Waals surface area contributed by atoms with Crippen LogP contribution in [0.1, 0.15) is 63.8 Å². The Labute approximate surface area is 196 Å². The summed E-state index contributed by atoms with van der Waals surface area (Å²) in [6, 6.07) is 7.57. The van der Waals surface area contributed by atoms with E-state index < -0.39 is 22.0 Å². The van der Waals surface area contributed by atoms with Crippen molar-refractivity contribution in [2.75, 3.05) is 25.4 Å². The summed E-state index contributed by atoms with van der Waals surface area (Å²) >= 11 is 0.889. The van der Waals surface area contributed by atoms with Gasteiger partial charge in [0, 0.05) is 18.7 Å². The Morgan fingerprint density at radius 2 is 1.85 bits per heavy atom. The van der Waals surface area contributed by atoms with Gasteiger partial charge in [-0.25, -0.2) is 18.0 Å². The largest absolute Gasteiger partial charge is 0.462 e. The molecule has 0 atom stereocenters. The maximum absolute atomic E-state index is 13.0. The van der Waals surface area contributed by atoms with E-state index in [0.29, 0.717) is 13.1 Å². The van der Waals surface area contributed by atoms with Gasteiger partial charge in [0.25, 0.3) is 0 Å². The van der Waals surface area contributed by atoms with Crippen LogP contribution in [0.15, 0.2) is 29.2 Å². The standard InChI is InChI=1S/C22H25N3O6S2/c1-2-30-22(27)19-18(17(13-23)20(24)32-19)14-31-21(26)15-8-7-9-16(12-15)33(28,29)25-10-5-3-4-6-11-25/h7-9,12H,2-6,10-11,14,24H2,1H3. The van der Waals surface area contributed by atoms with Gasteiger partial charge >= 0.3 is 11.9 Å². The van der Waals surface area contributed by atoms with E-state index in [1.54, 1.807) is 6.92 Å². The fourth-order valence-corrected chi connectivity index (χ4v) is 6.02. The summed E-state index contributed by atoms with van der Waals surface area (Å²) in [7, 11) is -3.73. The molecule has 0 saturated carbocycles. The van der Waals surface area contributed by atoms with Crippen LogP contribution in [0, 0.1) is 11.3 Å². The van der Waals surface area contributed by atoms with Crippen molar-refractivity contribution in [2.24, 2.45) is 0 Å². The number of ether oxygens (including phenoxy) is 2. The van der Waals surface area contributed by atoms with Crippen molar-refractivity contribution >= 4 is 38.3 Å². The molecule has 1 aromatic carbocycles. The number of carbonyl (C=O) groups is 2. The van der Waals surface area contributed by atoms with E-state index >= 15 is 0 Å². The molecule has 0 unspecified atom stereocenters. The summed E-state index contributed by atoms with van der Waals surface area (Å²) in [6.45, 7) is 2.30. The maximum Gasteiger partial charge on any atom is 0.348 e. The Bertz CT molecular complexity index is 1180. The second-order valence-electron chi connectivity index (χ2n) is 7.40. The average molecular weight is 492 g/mol. The molecule has 2 N–H and O–H groups in total. The van der Waals surface area contributed by atoms with Crippen molar-refractivity contribution in [1.82, 2.24) is 4.31 Å². The molecule has 0 aliphatic carbocycles. The number of rotatable bonds is 7. The molecule has 1 fully saturated rings. The van der Waals surface area contributed by atoms with Crippen molar-refractivity contribution in [3.8, 4) is 6.07 Å². The van der Waals surface area contributed by atoms with Gasteiger partial charge in [-0.05, 0) is 38.0 Å². The first-order valence-electron chi connectivity index (χ1n) is 10.5. The lowest BCUT2D eigenvalue weighted by molar-refractivity contribution is 0.0452. The summed E-state index contributed by atoms with van der Waals surface area (Å²) in [4.78, 5) is 25.0. The molecular formula is C22H25N3O6S2.